The minimum absolute atomic E-state index is 0.163. The summed E-state index contributed by atoms with van der Waals surface area (Å²) in [4.78, 5) is 10.6. The first-order valence-electron chi connectivity index (χ1n) is 7.77. The first-order valence-corrected chi connectivity index (χ1v) is 7.77. The molecular weight excluding hydrogens is 278 g/mol. The van der Waals surface area contributed by atoms with E-state index in [4.69, 9.17) is 10.5 Å². The number of hydrogen-bond donors (Lipinski definition) is 2. The molecule has 1 aromatic rings. The lowest BCUT2D eigenvalue weighted by Crippen LogP contribution is -2.09. The van der Waals surface area contributed by atoms with Gasteiger partial charge in [-0.25, -0.2) is 0 Å². The smallest absolute Gasteiger partial charge is 0.217 e. The molecule has 0 heterocycles. The number of carbonyl (C=O) groups is 1. The molecule has 0 aliphatic carbocycles. The number of nitrogens with two attached hydrogens (primary N) is 1. The average molecular weight is 305 g/mol. The molecule has 4 nitrogen and oxygen atoms in total. The molecule has 0 fully saturated rings. The Bertz CT molecular complexity index is 511. The predicted octanol–water partition coefficient (Wildman–Crippen LogP) is 3.74. The number of phenols is 1. The molecule has 0 aliphatic rings. The van der Waals surface area contributed by atoms with Crippen molar-refractivity contribution in [1.82, 2.24) is 0 Å². The lowest BCUT2D eigenvalue weighted by molar-refractivity contribution is -0.118. The fourth-order valence-corrected chi connectivity index (χ4v) is 2.32. The van der Waals surface area contributed by atoms with E-state index in [1.165, 1.54) is 0 Å². The molecule has 0 saturated carbocycles. The zero-order chi connectivity index (χ0) is 16.5. The van der Waals surface area contributed by atoms with Crippen LogP contribution in [0.2, 0.25) is 0 Å². The number of rotatable bonds is 9. The van der Waals surface area contributed by atoms with Gasteiger partial charge in [-0.15, -0.1) is 0 Å². The molecule has 0 radical (unpaired) electrons. The Morgan fingerprint density at radius 2 is 2.09 bits per heavy atom. The normalized spacial score (nSPS) is 14.0. The fourth-order valence-electron chi connectivity index (χ4n) is 2.32. The fraction of sp³-hybridized carbons (Fsp3) is 0.500. The van der Waals surface area contributed by atoms with Gasteiger partial charge in [-0.05, 0) is 48.8 Å². The van der Waals surface area contributed by atoms with Crippen LogP contribution in [0.25, 0.3) is 0 Å². The Balaban J connectivity index is 2.50. The number of unbranched alkanes of at least 4 members (excludes halogenated alkanes) is 2. The minimum Gasteiger partial charge on any atom is -0.504 e. The number of primary amides is 1. The monoisotopic (exact) mass is 305 g/mol. The van der Waals surface area contributed by atoms with Crippen LogP contribution in [0.5, 0.6) is 11.5 Å². The van der Waals surface area contributed by atoms with Crippen LogP contribution < -0.4 is 10.5 Å². The predicted molar refractivity (Wildman–Crippen MR) is 89.0 cm³/mol. The van der Waals surface area contributed by atoms with Crippen molar-refractivity contribution in [2.24, 2.45) is 11.7 Å². The van der Waals surface area contributed by atoms with E-state index in [0.29, 0.717) is 24.0 Å². The molecule has 4 heteroatoms. The van der Waals surface area contributed by atoms with Gasteiger partial charge in [0.1, 0.15) is 0 Å². The van der Waals surface area contributed by atoms with Gasteiger partial charge in [-0.2, -0.15) is 0 Å². The van der Waals surface area contributed by atoms with Gasteiger partial charge in [-0.3, -0.25) is 4.79 Å². The van der Waals surface area contributed by atoms with E-state index in [0.717, 1.165) is 24.8 Å². The standard InChI is InChI=1S/C18H27NO3/c1-13(8-6-4-5-7-9-18(19)21)14(2)15-10-11-16(20)17(12-15)22-3/h6,8,10-14,20H,4-5,7,9H2,1-3H3,(H2,19,21). The SMILES string of the molecule is COc1cc(C(C)C(C)C=CCCCCC(N)=O)ccc1O. The van der Waals surface area contributed by atoms with E-state index >= 15 is 0 Å². The number of carbonyl (C=O) groups excluding carboxylic acids is 1. The highest BCUT2D eigenvalue weighted by Gasteiger charge is 2.13. The van der Waals surface area contributed by atoms with Crippen molar-refractivity contribution in [2.45, 2.75) is 45.4 Å². The molecule has 0 aliphatic heterocycles. The molecule has 0 saturated heterocycles. The van der Waals surface area contributed by atoms with E-state index in [1.54, 1.807) is 13.2 Å². The highest BCUT2D eigenvalue weighted by molar-refractivity contribution is 5.73. The average Bonchev–Trinajstić information content (AvgIpc) is 2.50. The van der Waals surface area contributed by atoms with Crippen molar-refractivity contribution in [3.63, 3.8) is 0 Å². The molecule has 2 atom stereocenters. The Morgan fingerprint density at radius 3 is 2.73 bits per heavy atom. The summed E-state index contributed by atoms with van der Waals surface area (Å²) < 4.78 is 5.15. The number of allylic oxidation sites excluding steroid dienone is 2. The van der Waals surface area contributed by atoms with Gasteiger partial charge in [0, 0.05) is 6.42 Å². The molecule has 1 rings (SSSR count). The summed E-state index contributed by atoms with van der Waals surface area (Å²) in [6.07, 6.45) is 7.62. The molecule has 2 unspecified atom stereocenters. The Morgan fingerprint density at radius 1 is 1.36 bits per heavy atom. The second-order valence-corrected chi connectivity index (χ2v) is 5.72. The molecule has 0 bridgehead atoms. The molecule has 0 spiro atoms. The lowest BCUT2D eigenvalue weighted by atomic mass is 9.88. The second-order valence-electron chi connectivity index (χ2n) is 5.72. The number of phenolic OH excluding ortho intramolecular Hbond substituents is 1. The van der Waals surface area contributed by atoms with Gasteiger partial charge in [0.15, 0.2) is 11.5 Å². The van der Waals surface area contributed by atoms with Crippen LogP contribution in [0.4, 0.5) is 0 Å². The van der Waals surface area contributed by atoms with Crippen molar-refractivity contribution in [3.8, 4) is 11.5 Å². The van der Waals surface area contributed by atoms with Gasteiger partial charge >= 0.3 is 0 Å². The first kappa shape index (κ1) is 18.1. The third kappa shape index (κ3) is 5.80. The van der Waals surface area contributed by atoms with Gasteiger partial charge in [0.05, 0.1) is 7.11 Å². The summed E-state index contributed by atoms with van der Waals surface area (Å²) in [6, 6.07) is 5.49. The Kier molecular flexibility index (Phi) is 7.50. The van der Waals surface area contributed by atoms with Gasteiger partial charge in [0.2, 0.25) is 5.91 Å². The zero-order valence-electron chi connectivity index (χ0n) is 13.7. The van der Waals surface area contributed by atoms with Crippen LogP contribution in [0, 0.1) is 5.92 Å². The zero-order valence-corrected chi connectivity index (χ0v) is 13.7. The Hall–Kier alpha value is -1.97. The second kappa shape index (κ2) is 9.13. The number of ether oxygens (including phenoxy) is 1. The summed E-state index contributed by atoms with van der Waals surface area (Å²) in [5.74, 6) is 1.15. The van der Waals surface area contributed by atoms with Crippen molar-refractivity contribution in [2.75, 3.05) is 7.11 Å². The molecule has 22 heavy (non-hydrogen) atoms. The summed E-state index contributed by atoms with van der Waals surface area (Å²) in [5, 5.41) is 9.65. The largest absolute Gasteiger partial charge is 0.504 e. The van der Waals surface area contributed by atoms with Gasteiger partial charge < -0.3 is 15.6 Å². The van der Waals surface area contributed by atoms with Crippen LogP contribution in [-0.2, 0) is 4.79 Å². The maximum Gasteiger partial charge on any atom is 0.217 e. The van der Waals surface area contributed by atoms with Crippen LogP contribution in [-0.4, -0.2) is 18.1 Å². The third-order valence-corrected chi connectivity index (χ3v) is 4.00. The quantitative estimate of drug-likeness (QED) is 0.539. The minimum atomic E-state index is -0.229. The van der Waals surface area contributed by atoms with Crippen LogP contribution in [0.3, 0.4) is 0 Å². The summed E-state index contributed by atoms with van der Waals surface area (Å²) in [6.45, 7) is 4.33. The highest BCUT2D eigenvalue weighted by atomic mass is 16.5. The maximum atomic E-state index is 10.6. The number of aromatic hydroxyl groups is 1. The summed E-state index contributed by atoms with van der Waals surface area (Å²) in [7, 11) is 1.55. The van der Waals surface area contributed by atoms with Crippen molar-refractivity contribution < 1.29 is 14.6 Å². The molecule has 3 N–H and O–H groups in total. The third-order valence-electron chi connectivity index (χ3n) is 4.00. The van der Waals surface area contributed by atoms with E-state index in [2.05, 4.69) is 26.0 Å². The van der Waals surface area contributed by atoms with Crippen LogP contribution >= 0.6 is 0 Å². The van der Waals surface area contributed by atoms with E-state index in [-0.39, 0.29) is 11.7 Å². The lowest BCUT2D eigenvalue weighted by Gasteiger charge is -2.18. The van der Waals surface area contributed by atoms with Crippen molar-refractivity contribution >= 4 is 5.91 Å². The molecule has 1 aromatic carbocycles. The number of hydrogen-bond acceptors (Lipinski definition) is 3. The van der Waals surface area contributed by atoms with E-state index in [9.17, 15) is 9.90 Å². The topological polar surface area (TPSA) is 72.5 Å². The van der Waals surface area contributed by atoms with Crippen molar-refractivity contribution in [3.05, 3.63) is 35.9 Å². The number of amides is 1. The van der Waals surface area contributed by atoms with Crippen molar-refractivity contribution in [1.29, 1.82) is 0 Å². The van der Waals surface area contributed by atoms with Crippen LogP contribution in [0.15, 0.2) is 30.4 Å². The van der Waals surface area contributed by atoms with Gasteiger partial charge in [-0.1, -0.05) is 32.1 Å². The molecule has 0 aromatic heterocycles. The number of methoxy groups -OCH3 is 1. The van der Waals surface area contributed by atoms with Crippen LogP contribution in [0.1, 0.15) is 51.0 Å². The summed E-state index contributed by atoms with van der Waals surface area (Å²) >= 11 is 0. The molecular formula is C18H27NO3. The first-order chi connectivity index (χ1) is 10.5. The number of benzene rings is 1. The van der Waals surface area contributed by atoms with E-state index < -0.39 is 0 Å². The molecule has 122 valence electrons. The highest BCUT2D eigenvalue weighted by Crippen LogP contribution is 2.32. The Labute approximate surface area is 133 Å². The van der Waals surface area contributed by atoms with E-state index in [1.807, 2.05) is 12.1 Å². The summed E-state index contributed by atoms with van der Waals surface area (Å²) in [5.41, 5.74) is 6.25. The van der Waals surface area contributed by atoms with Gasteiger partial charge in [0.25, 0.3) is 0 Å². The molecule has 1 amide bonds. The maximum absolute atomic E-state index is 10.6.